The minimum atomic E-state index is -3.72. The molecule has 10 heteroatoms. The van der Waals surface area contributed by atoms with Gasteiger partial charge in [-0.1, -0.05) is 29.8 Å². The fourth-order valence-corrected chi connectivity index (χ4v) is 1.51. The summed E-state index contributed by atoms with van der Waals surface area (Å²) in [5.41, 5.74) is -0.0598. The fourth-order valence-electron chi connectivity index (χ4n) is 1.30. The number of hydrogen-bond acceptors (Lipinski definition) is 5. The van der Waals surface area contributed by atoms with Gasteiger partial charge in [0.25, 0.3) is 5.69 Å². The molecule has 0 atom stereocenters. The van der Waals surface area contributed by atoms with Crippen LogP contribution < -0.4 is 4.74 Å². The zero-order chi connectivity index (χ0) is 16.8. The summed E-state index contributed by atoms with van der Waals surface area (Å²) in [4.78, 5) is 10.0. The van der Waals surface area contributed by atoms with E-state index in [1.807, 2.05) is 18.2 Å². The van der Waals surface area contributed by atoms with E-state index >= 15 is 0 Å². The molecule has 0 saturated heterocycles. The first kappa shape index (κ1) is 18.5. The molecule has 0 unspecified atom stereocenters. The number of para-hydroxylation sites is 1. The van der Waals surface area contributed by atoms with Crippen LogP contribution in [0.15, 0.2) is 48.5 Å². The van der Waals surface area contributed by atoms with Crippen molar-refractivity contribution in [2.24, 2.45) is 0 Å². The number of nitro groups is 1. The van der Waals surface area contributed by atoms with Crippen LogP contribution in [0.3, 0.4) is 0 Å². The van der Waals surface area contributed by atoms with E-state index in [0.717, 1.165) is 0 Å². The molecule has 22 heavy (non-hydrogen) atoms. The van der Waals surface area contributed by atoms with Gasteiger partial charge in [-0.25, -0.2) is 0 Å². The molecule has 0 fully saturated rings. The van der Waals surface area contributed by atoms with E-state index in [9.17, 15) is 10.1 Å². The number of rotatable bonds is 3. The van der Waals surface area contributed by atoms with Crippen LogP contribution in [-0.2, 0) is 8.26 Å². The molecule has 0 bridgehead atoms. The van der Waals surface area contributed by atoms with Gasteiger partial charge in [0.05, 0.1) is 9.95 Å². The van der Waals surface area contributed by atoms with Crippen molar-refractivity contribution >= 4 is 46.9 Å². The molecule has 0 heterocycles. The Kier molecular flexibility index (Phi) is 6.89. The number of halogens is 3. The molecule has 0 radical (unpaired) electrons. The van der Waals surface area contributed by atoms with E-state index in [-0.39, 0.29) is 10.7 Å². The van der Waals surface area contributed by atoms with Gasteiger partial charge in [-0.05, 0) is 18.2 Å². The van der Waals surface area contributed by atoms with Crippen LogP contribution >= 0.6 is 33.0 Å². The molecule has 2 rings (SSSR count). The van der Waals surface area contributed by atoms with Gasteiger partial charge in [-0.2, -0.15) is 8.42 Å². The Hall–Kier alpha value is -1.54. The minimum Gasteiger partial charge on any atom is -0.456 e. The molecule has 0 spiro atoms. The average molecular weight is 385 g/mol. The number of benzene rings is 2. The fraction of sp³-hybridized carbons (Fsp3) is 0. The van der Waals surface area contributed by atoms with Gasteiger partial charge in [-0.15, -0.1) is 0 Å². The third-order valence-corrected chi connectivity index (χ3v) is 2.39. The van der Waals surface area contributed by atoms with Crippen LogP contribution in [0, 0.1) is 10.1 Å². The lowest BCUT2D eigenvalue weighted by atomic mass is 10.3. The van der Waals surface area contributed by atoms with Crippen molar-refractivity contribution in [1.82, 2.24) is 0 Å². The SMILES string of the molecule is O=S(=O)(Cl)Cl.O=[N+]([O-])c1ccc(Oc2ccccc2)c(Cl)c1. The summed E-state index contributed by atoms with van der Waals surface area (Å²) in [6, 6.07) is 13.2. The van der Waals surface area contributed by atoms with Crippen LogP contribution in [-0.4, -0.2) is 13.3 Å². The van der Waals surface area contributed by atoms with Gasteiger partial charge in [-0.3, -0.25) is 10.1 Å². The van der Waals surface area contributed by atoms with Crippen LogP contribution in [0.4, 0.5) is 5.69 Å². The first-order valence-corrected chi connectivity index (χ1v) is 8.99. The predicted molar refractivity (Wildman–Crippen MR) is 85.2 cm³/mol. The molecule has 0 amide bonds. The summed E-state index contributed by atoms with van der Waals surface area (Å²) < 4.78 is 23.8. The van der Waals surface area contributed by atoms with Crippen LogP contribution in [0.2, 0.25) is 5.02 Å². The number of nitrogens with zero attached hydrogens (tertiary/aromatic N) is 1. The van der Waals surface area contributed by atoms with Gasteiger partial charge in [0, 0.05) is 33.5 Å². The van der Waals surface area contributed by atoms with E-state index in [2.05, 4.69) is 21.4 Å². The minimum absolute atomic E-state index is 0.0598. The lowest BCUT2D eigenvalue weighted by Gasteiger charge is -2.06. The second-order valence-electron chi connectivity index (χ2n) is 3.67. The van der Waals surface area contributed by atoms with Gasteiger partial charge in [0.1, 0.15) is 11.5 Å². The van der Waals surface area contributed by atoms with E-state index in [4.69, 9.17) is 24.8 Å². The summed E-state index contributed by atoms with van der Waals surface area (Å²) in [5.74, 6) is 1.02. The molecular weight excluding hydrogens is 377 g/mol. The normalized spacial score (nSPS) is 10.3. The Bertz CT molecular complexity index is 745. The van der Waals surface area contributed by atoms with Crippen molar-refractivity contribution < 1.29 is 18.1 Å². The van der Waals surface area contributed by atoms with Gasteiger partial charge >= 0.3 is 8.26 Å². The number of hydrogen-bond donors (Lipinski definition) is 0. The Morgan fingerprint density at radius 2 is 1.59 bits per heavy atom. The van der Waals surface area contributed by atoms with Gasteiger partial charge in [0.2, 0.25) is 0 Å². The molecule has 2 aromatic rings. The highest BCUT2D eigenvalue weighted by molar-refractivity contribution is 8.31. The van der Waals surface area contributed by atoms with E-state index in [1.54, 1.807) is 12.1 Å². The standard InChI is InChI=1S/C12H8ClNO3.Cl2O2S/c13-11-8-9(14(15)16)6-7-12(11)17-10-4-2-1-3-5-10;1-5(2,3)4/h1-8H;. The van der Waals surface area contributed by atoms with Crippen LogP contribution in [0.1, 0.15) is 0 Å². The lowest BCUT2D eigenvalue weighted by Crippen LogP contribution is -1.89. The topological polar surface area (TPSA) is 86.5 Å². The molecule has 0 N–H and O–H groups in total. The first-order valence-electron chi connectivity index (χ1n) is 5.48. The predicted octanol–water partition coefficient (Wildman–Crippen LogP) is 4.75. The Morgan fingerprint density at radius 3 is 2.05 bits per heavy atom. The third kappa shape index (κ3) is 7.46. The van der Waals surface area contributed by atoms with Gasteiger partial charge < -0.3 is 4.74 Å². The van der Waals surface area contributed by atoms with Crippen LogP contribution in [0.25, 0.3) is 0 Å². The quantitative estimate of drug-likeness (QED) is 0.433. The van der Waals surface area contributed by atoms with Gasteiger partial charge in [0.15, 0.2) is 0 Å². The largest absolute Gasteiger partial charge is 0.456 e. The molecular formula is C12H8Cl3NO5S. The Morgan fingerprint density at radius 1 is 1.05 bits per heavy atom. The van der Waals surface area contributed by atoms with Crippen molar-refractivity contribution in [2.75, 3.05) is 0 Å². The molecule has 0 aliphatic heterocycles. The highest BCUT2D eigenvalue weighted by atomic mass is 36.0. The van der Waals surface area contributed by atoms with E-state index < -0.39 is 13.2 Å². The summed E-state index contributed by atoms with van der Waals surface area (Å²) in [7, 11) is 4.81. The molecule has 118 valence electrons. The zero-order valence-corrected chi connectivity index (χ0v) is 13.7. The molecule has 0 saturated carbocycles. The maximum atomic E-state index is 10.5. The summed E-state index contributed by atoms with van der Waals surface area (Å²) in [6.45, 7) is 0. The average Bonchev–Trinajstić information content (AvgIpc) is 2.40. The number of ether oxygens (including phenoxy) is 1. The second-order valence-corrected chi connectivity index (χ2v) is 7.74. The Balaban J connectivity index is 0.000000422. The number of non-ortho nitro benzene ring substituents is 1. The maximum absolute atomic E-state index is 10.5. The van der Waals surface area contributed by atoms with E-state index in [0.29, 0.717) is 11.5 Å². The summed E-state index contributed by atoms with van der Waals surface area (Å²) >= 11 is 5.89. The van der Waals surface area contributed by atoms with Crippen LogP contribution in [0.5, 0.6) is 11.5 Å². The second kappa shape index (κ2) is 8.19. The summed E-state index contributed by atoms with van der Waals surface area (Å²) in [6.07, 6.45) is 0. The first-order chi connectivity index (χ1) is 10.2. The molecule has 6 nitrogen and oxygen atoms in total. The highest BCUT2D eigenvalue weighted by Gasteiger charge is 2.10. The molecule has 0 aromatic heterocycles. The number of nitro benzene ring substituents is 1. The maximum Gasteiger partial charge on any atom is 0.317 e. The smallest absolute Gasteiger partial charge is 0.317 e. The molecule has 0 aliphatic carbocycles. The van der Waals surface area contributed by atoms with Crippen molar-refractivity contribution in [2.45, 2.75) is 0 Å². The van der Waals surface area contributed by atoms with Crippen molar-refractivity contribution in [3.8, 4) is 11.5 Å². The highest BCUT2D eigenvalue weighted by Crippen LogP contribution is 2.32. The molecule has 2 aromatic carbocycles. The lowest BCUT2D eigenvalue weighted by molar-refractivity contribution is -0.384. The molecule has 0 aliphatic rings. The summed E-state index contributed by atoms with van der Waals surface area (Å²) in [5, 5.41) is 10.7. The zero-order valence-electron chi connectivity index (χ0n) is 10.6. The van der Waals surface area contributed by atoms with Crippen molar-refractivity contribution in [1.29, 1.82) is 0 Å². The van der Waals surface area contributed by atoms with Crippen molar-refractivity contribution in [3.63, 3.8) is 0 Å². The van der Waals surface area contributed by atoms with Crippen molar-refractivity contribution in [3.05, 3.63) is 63.7 Å². The third-order valence-electron chi connectivity index (χ3n) is 2.10. The van der Waals surface area contributed by atoms with E-state index in [1.165, 1.54) is 18.2 Å². The Labute approximate surface area is 140 Å². The monoisotopic (exact) mass is 383 g/mol.